The van der Waals surface area contributed by atoms with Crippen LogP contribution >= 0.6 is 11.6 Å². The first-order valence-electron chi connectivity index (χ1n) is 7.33. The van der Waals surface area contributed by atoms with Crippen LogP contribution < -0.4 is 20.3 Å². The van der Waals surface area contributed by atoms with Gasteiger partial charge in [0, 0.05) is 17.0 Å². The molecule has 0 atom stereocenters. The molecule has 7 nitrogen and oxygen atoms in total. The van der Waals surface area contributed by atoms with Crippen molar-refractivity contribution in [1.82, 2.24) is 15.4 Å². The van der Waals surface area contributed by atoms with Crippen LogP contribution in [0.1, 0.15) is 28.7 Å². The van der Waals surface area contributed by atoms with Gasteiger partial charge in [-0.3, -0.25) is 15.6 Å². The highest BCUT2D eigenvalue weighted by molar-refractivity contribution is 6.32. The van der Waals surface area contributed by atoms with Crippen molar-refractivity contribution >= 4 is 23.5 Å². The van der Waals surface area contributed by atoms with Crippen molar-refractivity contribution in [2.75, 3.05) is 19.1 Å². The zero-order valence-corrected chi connectivity index (χ0v) is 14.7. The van der Waals surface area contributed by atoms with Crippen molar-refractivity contribution in [3.05, 3.63) is 40.2 Å². The molecule has 0 saturated carbocycles. The van der Waals surface area contributed by atoms with Crippen LogP contribution in [0, 0.1) is 13.8 Å². The van der Waals surface area contributed by atoms with Crippen molar-refractivity contribution in [3.63, 3.8) is 0 Å². The Morgan fingerprint density at radius 1 is 1.21 bits per heavy atom. The van der Waals surface area contributed by atoms with Gasteiger partial charge in [0.1, 0.15) is 0 Å². The van der Waals surface area contributed by atoms with Crippen molar-refractivity contribution in [3.8, 4) is 11.5 Å². The van der Waals surface area contributed by atoms with Crippen LogP contribution in [0.4, 0.5) is 5.95 Å². The van der Waals surface area contributed by atoms with Gasteiger partial charge in [-0.15, -0.1) is 0 Å². The topological polar surface area (TPSA) is 85.4 Å². The molecule has 1 aromatic heterocycles. The van der Waals surface area contributed by atoms with Crippen LogP contribution in [0.25, 0.3) is 0 Å². The number of aromatic nitrogens is 2. The standard InChI is InChI=1S/C16H19ClN4O3/c1-5-24-14-12(17)7-11(8-13(14)23-4)15(22)20-21-16-18-9(2)6-10(3)19-16/h6-8H,5H2,1-4H3,(H,20,22)(H,18,19,21). The molecule has 24 heavy (non-hydrogen) atoms. The molecule has 1 aromatic carbocycles. The number of rotatable bonds is 6. The van der Waals surface area contributed by atoms with E-state index in [1.807, 2.05) is 26.8 Å². The Hall–Kier alpha value is -2.54. The lowest BCUT2D eigenvalue weighted by molar-refractivity contribution is 0.0962. The summed E-state index contributed by atoms with van der Waals surface area (Å²) in [7, 11) is 1.48. The third-order valence-corrected chi connectivity index (χ3v) is 3.33. The Morgan fingerprint density at radius 2 is 1.88 bits per heavy atom. The molecule has 128 valence electrons. The summed E-state index contributed by atoms with van der Waals surface area (Å²) < 4.78 is 10.7. The van der Waals surface area contributed by atoms with E-state index in [1.54, 1.807) is 6.07 Å². The number of hydrazine groups is 1. The molecule has 0 unspecified atom stereocenters. The molecule has 1 heterocycles. The molecule has 0 radical (unpaired) electrons. The fraction of sp³-hybridized carbons (Fsp3) is 0.312. The van der Waals surface area contributed by atoms with E-state index in [4.69, 9.17) is 21.1 Å². The van der Waals surface area contributed by atoms with Crippen LogP contribution in [0.2, 0.25) is 5.02 Å². The Kier molecular flexibility index (Phi) is 5.81. The van der Waals surface area contributed by atoms with Crippen LogP contribution in [0.15, 0.2) is 18.2 Å². The second kappa shape index (κ2) is 7.83. The molecular formula is C16H19ClN4O3. The molecule has 0 aliphatic heterocycles. The highest BCUT2D eigenvalue weighted by Gasteiger charge is 2.16. The Labute approximate surface area is 145 Å². The number of halogens is 1. The number of nitrogens with zero attached hydrogens (tertiary/aromatic N) is 2. The summed E-state index contributed by atoms with van der Waals surface area (Å²) in [5.74, 6) is 0.701. The second-order valence-electron chi connectivity index (χ2n) is 4.98. The molecule has 2 aromatic rings. The van der Waals surface area contributed by atoms with Gasteiger partial charge in [-0.05, 0) is 39.0 Å². The number of hydrogen-bond donors (Lipinski definition) is 2. The molecule has 0 fully saturated rings. The molecule has 0 saturated heterocycles. The average molecular weight is 351 g/mol. The maximum Gasteiger partial charge on any atom is 0.269 e. The Morgan fingerprint density at radius 3 is 2.46 bits per heavy atom. The second-order valence-corrected chi connectivity index (χ2v) is 5.38. The summed E-state index contributed by atoms with van der Waals surface area (Å²) >= 11 is 6.16. The van der Waals surface area contributed by atoms with E-state index in [0.29, 0.717) is 34.6 Å². The zero-order chi connectivity index (χ0) is 17.7. The number of amides is 1. The highest BCUT2D eigenvalue weighted by Crippen LogP contribution is 2.36. The summed E-state index contributed by atoms with van der Waals surface area (Å²) in [5.41, 5.74) is 7.12. The van der Waals surface area contributed by atoms with Gasteiger partial charge in [0.2, 0.25) is 5.95 Å². The number of aryl methyl sites for hydroxylation is 2. The maximum absolute atomic E-state index is 12.3. The van der Waals surface area contributed by atoms with Gasteiger partial charge in [0.15, 0.2) is 11.5 Å². The zero-order valence-electron chi connectivity index (χ0n) is 13.9. The third kappa shape index (κ3) is 4.26. The number of methoxy groups -OCH3 is 1. The first-order chi connectivity index (χ1) is 11.4. The maximum atomic E-state index is 12.3. The predicted molar refractivity (Wildman–Crippen MR) is 91.8 cm³/mol. The van der Waals surface area contributed by atoms with E-state index in [9.17, 15) is 4.79 Å². The lowest BCUT2D eigenvalue weighted by Crippen LogP contribution is -2.30. The third-order valence-electron chi connectivity index (χ3n) is 3.05. The summed E-state index contributed by atoms with van der Waals surface area (Å²) in [5, 5.41) is 0.295. The molecule has 0 aliphatic rings. The van der Waals surface area contributed by atoms with Crippen LogP contribution in [-0.2, 0) is 0 Å². The Bertz CT molecular complexity index is 732. The van der Waals surface area contributed by atoms with Crippen molar-refractivity contribution in [2.24, 2.45) is 0 Å². The van der Waals surface area contributed by atoms with Crippen LogP contribution in [0.3, 0.4) is 0 Å². The number of ether oxygens (including phenoxy) is 2. The van der Waals surface area contributed by atoms with Gasteiger partial charge < -0.3 is 9.47 Å². The minimum atomic E-state index is -0.402. The highest BCUT2D eigenvalue weighted by atomic mass is 35.5. The molecular weight excluding hydrogens is 332 g/mol. The van der Waals surface area contributed by atoms with Gasteiger partial charge in [0.05, 0.1) is 18.7 Å². The van der Waals surface area contributed by atoms with Gasteiger partial charge >= 0.3 is 0 Å². The molecule has 0 spiro atoms. The number of carbonyl (C=O) groups is 1. The quantitative estimate of drug-likeness (QED) is 0.779. The monoisotopic (exact) mass is 350 g/mol. The molecule has 1 amide bonds. The van der Waals surface area contributed by atoms with Crippen molar-refractivity contribution < 1.29 is 14.3 Å². The first-order valence-corrected chi connectivity index (χ1v) is 7.71. The van der Waals surface area contributed by atoms with Gasteiger partial charge in [0.25, 0.3) is 5.91 Å². The van der Waals surface area contributed by atoms with Gasteiger partial charge in [-0.2, -0.15) is 0 Å². The fourth-order valence-corrected chi connectivity index (χ4v) is 2.37. The van der Waals surface area contributed by atoms with Crippen molar-refractivity contribution in [2.45, 2.75) is 20.8 Å². The van der Waals surface area contributed by atoms with E-state index in [0.717, 1.165) is 11.4 Å². The number of carbonyl (C=O) groups excluding carboxylic acids is 1. The van der Waals surface area contributed by atoms with Gasteiger partial charge in [-0.1, -0.05) is 11.6 Å². The summed E-state index contributed by atoms with van der Waals surface area (Å²) in [6, 6.07) is 4.90. The number of benzene rings is 1. The molecule has 8 heteroatoms. The predicted octanol–water partition coefficient (Wildman–Crippen LogP) is 2.91. The van der Waals surface area contributed by atoms with E-state index in [1.165, 1.54) is 13.2 Å². The van der Waals surface area contributed by atoms with E-state index < -0.39 is 5.91 Å². The number of anilines is 1. The molecule has 0 aliphatic carbocycles. The lowest BCUT2D eigenvalue weighted by atomic mass is 10.2. The summed E-state index contributed by atoms with van der Waals surface area (Å²) in [4.78, 5) is 20.7. The van der Waals surface area contributed by atoms with Crippen LogP contribution in [-0.4, -0.2) is 29.6 Å². The number of nitrogens with one attached hydrogen (secondary N) is 2. The van der Waals surface area contributed by atoms with E-state index >= 15 is 0 Å². The minimum absolute atomic E-state index is 0.295. The van der Waals surface area contributed by atoms with E-state index in [2.05, 4.69) is 20.8 Å². The van der Waals surface area contributed by atoms with Crippen molar-refractivity contribution in [1.29, 1.82) is 0 Å². The first kappa shape index (κ1) is 17.8. The van der Waals surface area contributed by atoms with Gasteiger partial charge in [-0.25, -0.2) is 9.97 Å². The van der Waals surface area contributed by atoms with Crippen LogP contribution in [0.5, 0.6) is 11.5 Å². The van der Waals surface area contributed by atoms with E-state index in [-0.39, 0.29) is 0 Å². The molecule has 0 bridgehead atoms. The smallest absolute Gasteiger partial charge is 0.269 e. The Balaban J connectivity index is 2.16. The largest absolute Gasteiger partial charge is 0.493 e. The SMILES string of the molecule is CCOc1c(Cl)cc(C(=O)NNc2nc(C)cc(C)n2)cc1OC. The summed E-state index contributed by atoms with van der Waals surface area (Å²) in [6.07, 6.45) is 0. The normalized spacial score (nSPS) is 10.2. The number of hydrogen-bond acceptors (Lipinski definition) is 6. The minimum Gasteiger partial charge on any atom is -0.493 e. The molecule has 2 rings (SSSR count). The average Bonchev–Trinajstić information content (AvgIpc) is 2.53. The lowest BCUT2D eigenvalue weighted by Gasteiger charge is -2.13. The molecule has 2 N–H and O–H groups in total. The fourth-order valence-electron chi connectivity index (χ4n) is 2.10. The summed E-state index contributed by atoms with van der Waals surface area (Å²) in [6.45, 7) is 5.97.